The van der Waals surface area contributed by atoms with E-state index < -0.39 is 45.5 Å². The summed E-state index contributed by atoms with van der Waals surface area (Å²) in [4.78, 5) is 0. The second-order valence-electron chi connectivity index (χ2n) is 10.9. The van der Waals surface area contributed by atoms with Gasteiger partial charge in [0.15, 0.2) is 8.38 Å². The van der Waals surface area contributed by atoms with Crippen molar-refractivity contribution in [1.29, 1.82) is 5.26 Å². The predicted octanol–water partition coefficient (Wildman–Crippen LogP) is 6.25. The number of nitrogens with zero attached hydrogens (tertiary/aromatic N) is 1. The van der Waals surface area contributed by atoms with Crippen LogP contribution in [0.2, 0.25) is 5.02 Å². The highest BCUT2D eigenvalue weighted by Gasteiger charge is 2.72. The van der Waals surface area contributed by atoms with Gasteiger partial charge in [-0.15, -0.1) is 0 Å². The Hall–Kier alpha value is -0.820. The van der Waals surface area contributed by atoms with Gasteiger partial charge >= 0.3 is 7.60 Å². The molecule has 0 spiro atoms. The first-order chi connectivity index (χ1) is 19.8. The number of para-hydroxylation sites is 1. The zero-order valence-electron chi connectivity index (χ0n) is 24.0. The van der Waals surface area contributed by atoms with E-state index in [9.17, 15) is 4.57 Å². The van der Waals surface area contributed by atoms with Gasteiger partial charge in [0.1, 0.15) is 29.2 Å². The van der Waals surface area contributed by atoms with Crippen molar-refractivity contribution in [2.45, 2.75) is 100 Å². The third-order valence-corrected chi connectivity index (χ3v) is 12.0. The Morgan fingerprint density at radius 3 is 2.34 bits per heavy atom. The SMILES string of the molecule is CCCC1OC2CC2(OC)C1OP(=O)(CCC1OC2CC2(OC)C1OP(CC)OCCC#N)Oc1ccccc1Cl. The molecule has 0 aromatic heterocycles. The summed E-state index contributed by atoms with van der Waals surface area (Å²) in [6.07, 6.45) is 2.60. The van der Waals surface area contributed by atoms with E-state index in [1.165, 1.54) is 0 Å². The van der Waals surface area contributed by atoms with E-state index in [4.69, 9.17) is 53.9 Å². The Labute approximate surface area is 248 Å². The number of benzene rings is 1. The lowest BCUT2D eigenvalue weighted by Gasteiger charge is -2.32. The molecule has 13 heteroatoms. The number of methoxy groups -OCH3 is 2. The molecular weight excluding hydrogens is 592 g/mol. The van der Waals surface area contributed by atoms with E-state index in [1.807, 2.05) is 6.92 Å². The molecular formula is C28H40ClNO9P2. The quantitative estimate of drug-likeness (QED) is 0.144. The van der Waals surface area contributed by atoms with E-state index >= 15 is 0 Å². The van der Waals surface area contributed by atoms with E-state index in [2.05, 4.69) is 13.0 Å². The highest BCUT2D eigenvalue weighted by molar-refractivity contribution is 7.54. The molecule has 5 rings (SSSR count). The maximum atomic E-state index is 14.6. The second kappa shape index (κ2) is 13.0. The highest BCUT2D eigenvalue weighted by Crippen LogP contribution is 2.63. The molecule has 4 fully saturated rings. The largest absolute Gasteiger partial charge is 0.423 e. The molecule has 2 heterocycles. The van der Waals surface area contributed by atoms with Crippen LogP contribution < -0.4 is 4.52 Å². The van der Waals surface area contributed by atoms with Gasteiger partial charge in [-0.1, -0.05) is 44.0 Å². The molecule has 2 aliphatic carbocycles. The molecule has 41 heavy (non-hydrogen) atoms. The van der Waals surface area contributed by atoms with Crippen LogP contribution in [-0.2, 0) is 37.1 Å². The van der Waals surface area contributed by atoms with Crippen molar-refractivity contribution in [2.24, 2.45) is 0 Å². The predicted molar refractivity (Wildman–Crippen MR) is 154 cm³/mol. The molecule has 4 aliphatic rings. The van der Waals surface area contributed by atoms with Gasteiger partial charge in [0.05, 0.1) is 54.7 Å². The van der Waals surface area contributed by atoms with Crippen molar-refractivity contribution in [3.8, 4) is 11.8 Å². The molecule has 0 radical (unpaired) electrons. The number of fused-ring (bicyclic) bond motifs is 2. The maximum Gasteiger partial charge on any atom is 0.379 e. The third kappa shape index (κ3) is 6.37. The fourth-order valence-electron chi connectivity index (χ4n) is 6.04. The van der Waals surface area contributed by atoms with Crippen LogP contribution in [-0.4, -0.2) is 81.0 Å². The van der Waals surface area contributed by atoms with Crippen LogP contribution >= 0.6 is 27.6 Å². The summed E-state index contributed by atoms with van der Waals surface area (Å²) < 4.78 is 63.9. The molecule has 1 aromatic rings. The van der Waals surface area contributed by atoms with E-state index in [0.717, 1.165) is 19.3 Å². The van der Waals surface area contributed by atoms with Gasteiger partial charge in [0.2, 0.25) is 0 Å². The molecule has 2 saturated carbocycles. The van der Waals surface area contributed by atoms with Crippen molar-refractivity contribution >= 4 is 27.6 Å². The Morgan fingerprint density at radius 1 is 1.07 bits per heavy atom. The third-order valence-electron chi connectivity index (χ3n) is 8.40. The number of hydrogen-bond donors (Lipinski definition) is 0. The maximum absolute atomic E-state index is 14.6. The highest BCUT2D eigenvalue weighted by atomic mass is 35.5. The monoisotopic (exact) mass is 631 g/mol. The summed E-state index contributed by atoms with van der Waals surface area (Å²) in [5.74, 6) is 0.291. The number of halogens is 1. The van der Waals surface area contributed by atoms with Crippen molar-refractivity contribution in [3.05, 3.63) is 29.3 Å². The summed E-state index contributed by atoms with van der Waals surface area (Å²) in [6.45, 7) is 4.36. The van der Waals surface area contributed by atoms with Crippen LogP contribution in [0.25, 0.3) is 0 Å². The molecule has 10 atom stereocenters. The average Bonchev–Trinajstić information content (AvgIpc) is 3.82. The van der Waals surface area contributed by atoms with Crippen LogP contribution in [0.3, 0.4) is 0 Å². The first kappa shape index (κ1) is 31.6. The zero-order valence-corrected chi connectivity index (χ0v) is 26.6. The Kier molecular flexibility index (Phi) is 10.1. The van der Waals surface area contributed by atoms with Crippen molar-refractivity contribution in [3.63, 3.8) is 0 Å². The summed E-state index contributed by atoms with van der Waals surface area (Å²) in [5.41, 5.74) is -1.20. The first-order valence-corrected chi connectivity index (χ1v) is 17.8. The normalized spacial score (nSPS) is 37.1. The second-order valence-corrected chi connectivity index (χ2v) is 15.2. The van der Waals surface area contributed by atoms with Gasteiger partial charge in [-0.2, -0.15) is 5.26 Å². The summed E-state index contributed by atoms with van der Waals surface area (Å²) in [5, 5.41) is 9.24. The fraction of sp³-hybridized carbons (Fsp3) is 0.750. The molecule has 228 valence electrons. The lowest BCUT2D eigenvalue weighted by atomic mass is 10.0. The standard InChI is InChI=1S/C28H40ClNO9P2/c1-5-10-21-26(28(33-4)18-24(28)35-21)39-41(31,38-20-12-8-7-11-19(20)29)16-13-22-25(27(32-3)17-23(27)36-22)37-40(6-2)34-15-9-14-30/h7-8,11-12,21-26H,5-6,9-10,13,15-18H2,1-4H3. The molecule has 2 saturated heterocycles. The van der Waals surface area contributed by atoms with Gasteiger partial charge < -0.3 is 32.5 Å². The van der Waals surface area contributed by atoms with Crippen LogP contribution in [0.1, 0.15) is 52.4 Å². The molecule has 0 N–H and O–H groups in total. The Balaban J connectivity index is 1.35. The van der Waals surface area contributed by atoms with Crippen LogP contribution in [0.15, 0.2) is 24.3 Å². The molecule has 10 nitrogen and oxygen atoms in total. The minimum Gasteiger partial charge on any atom is -0.423 e. The molecule has 0 amide bonds. The fourth-order valence-corrected chi connectivity index (χ4v) is 9.46. The van der Waals surface area contributed by atoms with Gasteiger partial charge in [-0.05, 0) is 25.0 Å². The van der Waals surface area contributed by atoms with Crippen molar-refractivity contribution in [1.82, 2.24) is 0 Å². The topological polar surface area (TPSA) is 115 Å². The molecule has 2 aliphatic heterocycles. The number of ether oxygens (including phenoxy) is 4. The van der Waals surface area contributed by atoms with Crippen molar-refractivity contribution < 1.29 is 41.6 Å². The Bertz CT molecular complexity index is 1150. The van der Waals surface area contributed by atoms with Crippen molar-refractivity contribution in [2.75, 3.05) is 33.2 Å². The number of hydrogen-bond acceptors (Lipinski definition) is 10. The van der Waals surface area contributed by atoms with Crippen LogP contribution in [0.4, 0.5) is 0 Å². The van der Waals surface area contributed by atoms with Crippen LogP contribution in [0, 0.1) is 11.3 Å². The van der Waals surface area contributed by atoms with Crippen LogP contribution in [0.5, 0.6) is 5.75 Å². The molecule has 1 aromatic carbocycles. The molecule has 10 unspecified atom stereocenters. The summed E-state index contributed by atoms with van der Waals surface area (Å²) in [7, 11) is -1.76. The van der Waals surface area contributed by atoms with Gasteiger partial charge in [0, 0.05) is 33.2 Å². The summed E-state index contributed by atoms with van der Waals surface area (Å²) in [6, 6.07) is 9.02. The van der Waals surface area contributed by atoms with E-state index in [-0.39, 0.29) is 24.5 Å². The number of rotatable bonds is 17. The van der Waals surface area contributed by atoms with Gasteiger partial charge in [-0.25, -0.2) is 4.57 Å². The summed E-state index contributed by atoms with van der Waals surface area (Å²) >= 11 is 6.41. The first-order valence-electron chi connectivity index (χ1n) is 14.3. The van der Waals surface area contributed by atoms with E-state index in [1.54, 1.807) is 38.5 Å². The van der Waals surface area contributed by atoms with E-state index in [0.29, 0.717) is 42.8 Å². The minimum atomic E-state index is -3.80. The number of nitriles is 1. The van der Waals surface area contributed by atoms with Gasteiger partial charge in [-0.3, -0.25) is 4.52 Å². The van der Waals surface area contributed by atoms with Gasteiger partial charge in [0.25, 0.3) is 0 Å². The minimum absolute atomic E-state index is 0.0639. The lowest BCUT2D eigenvalue weighted by Crippen LogP contribution is -2.40. The molecule has 0 bridgehead atoms. The lowest BCUT2D eigenvalue weighted by molar-refractivity contribution is -0.0381. The Morgan fingerprint density at radius 2 is 1.73 bits per heavy atom. The average molecular weight is 632 g/mol. The smallest absolute Gasteiger partial charge is 0.379 e. The zero-order chi connectivity index (χ0) is 29.3.